The molecule has 0 amide bonds. The van der Waals surface area contributed by atoms with Gasteiger partial charge in [-0.15, -0.1) is 11.8 Å². The highest BCUT2D eigenvalue weighted by Gasteiger charge is 2.32. The fraction of sp³-hybridized carbons (Fsp3) is 0.500. The van der Waals surface area contributed by atoms with Crippen LogP contribution in [-0.2, 0) is 9.53 Å². The topological polar surface area (TPSA) is 97.7 Å². The molecule has 2 unspecified atom stereocenters. The van der Waals surface area contributed by atoms with Crippen molar-refractivity contribution < 1.29 is 9.53 Å². The molecule has 0 N–H and O–H groups in total. The Kier molecular flexibility index (Phi) is 6.70. The SMILES string of the molecule is COC(=O)/C(C#N)=C1\CC(C)CCC1C(SC)=C(C#N)C#N. The maximum absolute atomic E-state index is 11.9. The molecule has 0 aromatic carbocycles. The summed E-state index contributed by atoms with van der Waals surface area (Å²) in [6.45, 7) is 2.06. The minimum Gasteiger partial charge on any atom is -0.465 e. The number of rotatable bonds is 3. The van der Waals surface area contributed by atoms with Gasteiger partial charge in [-0.3, -0.25) is 0 Å². The van der Waals surface area contributed by atoms with E-state index in [1.165, 1.54) is 18.9 Å². The van der Waals surface area contributed by atoms with Crippen molar-refractivity contribution in [2.45, 2.75) is 26.2 Å². The Balaban J connectivity index is 3.51. The van der Waals surface area contributed by atoms with E-state index >= 15 is 0 Å². The van der Waals surface area contributed by atoms with E-state index in [0.29, 0.717) is 29.2 Å². The molecule has 1 fully saturated rings. The van der Waals surface area contributed by atoms with Crippen LogP contribution in [0.25, 0.3) is 0 Å². The van der Waals surface area contributed by atoms with Gasteiger partial charge in [0.25, 0.3) is 0 Å². The number of carbonyl (C=O) groups is 1. The lowest BCUT2D eigenvalue weighted by atomic mass is 9.76. The lowest BCUT2D eigenvalue weighted by molar-refractivity contribution is -0.135. The molecular weight excluding hydrogens is 298 g/mol. The highest BCUT2D eigenvalue weighted by molar-refractivity contribution is 8.02. The van der Waals surface area contributed by atoms with Crippen LogP contribution < -0.4 is 0 Å². The quantitative estimate of drug-likeness (QED) is 0.451. The third kappa shape index (κ3) is 3.70. The molecule has 6 heteroatoms. The lowest BCUT2D eigenvalue weighted by Gasteiger charge is -2.31. The van der Waals surface area contributed by atoms with Gasteiger partial charge in [-0.05, 0) is 37.0 Å². The summed E-state index contributed by atoms with van der Waals surface area (Å²) in [6, 6.07) is 5.75. The van der Waals surface area contributed by atoms with Crippen LogP contribution in [0.1, 0.15) is 26.2 Å². The number of methoxy groups -OCH3 is 1. The van der Waals surface area contributed by atoms with Crippen molar-refractivity contribution >= 4 is 17.7 Å². The van der Waals surface area contributed by atoms with E-state index in [4.69, 9.17) is 15.3 Å². The monoisotopic (exact) mass is 315 g/mol. The summed E-state index contributed by atoms with van der Waals surface area (Å²) in [4.78, 5) is 12.5. The summed E-state index contributed by atoms with van der Waals surface area (Å²) in [6.07, 6.45) is 4.02. The van der Waals surface area contributed by atoms with Crippen molar-refractivity contribution in [2.24, 2.45) is 11.8 Å². The van der Waals surface area contributed by atoms with Crippen LogP contribution in [-0.4, -0.2) is 19.3 Å². The predicted molar refractivity (Wildman–Crippen MR) is 82.9 cm³/mol. The Hall–Kier alpha value is -2.23. The first-order valence-electron chi connectivity index (χ1n) is 6.83. The second kappa shape index (κ2) is 8.27. The van der Waals surface area contributed by atoms with Gasteiger partial charge in [0.2, 0.25) is 0 Å². The number of hydrogen-bond donors (Lipinski definition) is 0. The van der Waals surface area contributed by atoms with Crippen molar-refractivity contribution in [1.29, 1.82) is 15.8 Å². The molecule has 0 bridgehead atoms. The minimum atomic E-state index is -0.660. The maximum atomic E-state index is 11.9. The van der Waals surface area contributed by atoms with Crippen LogP contribution in [0.15, 0.2) is 21.6 Å². The molecule has 0 aromatic heterocycles. The average Bonchev–Trinajstić information content (AvgIpc) is 2.53. The Morgan fingerprint density at radius 2 is 1.86 bits per heavy atom. The van der Waals surface area contributed by atoms with Gasteiger partial charge >= 0.3 is 5.97 Å². The minimum absolute atomic E-state index is 0.000768. The summed E-state index contributed by atoms with van der Waals surface area (Å²) in [7, 11) is 1.24. The van der Waals surface area contributed by atoms with Crippen molar-refractivity contribution in [3.8, 4) is 18.2 Å². The van der Waals surface area contributed by atoms with E-state index < -0.39 is 5.97 Å². The number of esters is 1. The normalized spacial score (nSPS) is 22.5. The molecule has 1 aliphatic rings. The standard InChI is InChI=1S/C16H17N3O2S/c1-10-4-5-12(15(22-3)11(7-17)8-18)13(6-10)14(9-19)16(20)21-2/h10,12H,4-6H2,1-3H3/b14-13+. The number of thioether (sulfide) groups is 1. The van der Waals surface area contributed by atoms with Gasteiger partial charge in [-0.25, -0.2) is 4.79 Å². The zero-order valence-electron chi connectivity index (χ0n) is 12.8. The van der Waals surface area contributed by atoms with Crippen LogP contribution in [0.4, 0.5) is 0 Å². The predicted octanol–water partition coefficient (Wildman–Crippen LogP) is 3.08. The summed E-state index contributed by atoms with van der Waals surface area (Å²) >= 11 is 1.32. The van der Waals surface area contributed by atoms with E-state index in [1.54, 1.807) is 6.26 Å². The summed E-state index contributed by atoms with van der Waals surface area (Å²) in [5, 5.41) is 27.6. The van der Waals surface area contributed by atoms with Crippen molar-refractivity contribution in [1.82, 2.24) is 0 Å². The van der Waals surface area contributed by atoms with Crippen molar-refractivity contribution in [3.63, 3.8) is 0 Å². The number of nitriles is 3. The molecule has 5 nitrogen and oxygen atoms in total. The zero-order chi connectivity index (χ0) is 16.7. The van der Waals surface area contributed by atoms with Gasteiger partial charge in [-0.1, -0.05) is 6.92 Å². The van der Waals surface area contributed by atoms with E-state index in [-0.39, 0.29) is 17.1 Å². The molecule has 1 saturated carbocycles. The first-order chi connectivity index (χ1) is 10.5. The zero-order valence-corrected chi connectivity index (χ0v) is 13.7. The van der Waals surface area contributed by atoms with E-state index in [0.717, 1.165) is 6.42 Å². The highest BCUT2D eigenvalue weighted by atomic mass is 32.2. The van der Waals surface area contributed by atoms with Crippen molar-refractivity contribution in [3.05, 3.63) is 21.6 Å². The Labute approximate surface area is 134 Å². The Morgan fingerprint density at radius 3 is 2.32 bits per heavy atom. The molecular formula is C16H17N3O2S. The molecule has 0 spiro atoms. The molecule has 0 heterocycles. The first-order valence-corrected chi connectivity index (χ1v) is 8.06. The molecule has 1 aliphatic carbocycles. The molecule has 0 saturated heterocycles. The van der Waals surface area contributed by atoms with Gasteiger partial charge in [0, 0.05) is 10.8 Å². The number of hydrogen-bond acceptors (Lipinski definition) is 6. The van der Waals surface area contributed by atoms with Crippen LogP contribution in [0.2, 0.25) is 0 Å². The smallest absolute Gasteiger partial charge is 0.348 e. The number of allylic oxidation sites excluding steroid dienone is 3. The lowest BCUT2D eigenvalue weighted by Crippen LogP contribution is -2.21. The van der Waals surface area contributed by atoms with E-state index in [2.05, 4.69) is 6.92 Å². The average molecular weight is 315 g/mol. The highest BCUT2D eigenvalue weighted by Crippen LogP contribution is 2.43. The maximum Gasteiger partial charge on any atom is 0.348 e. The van der Waals surface area contributed by atoms with Gasteiger partial charge in [-0.2, -0.15) is 15.8 Å². The van der Waals surface area contributed by atoms with Gasteiger partial charge in [0.1, 0.15) is 29.4 Å². The largest absolute Gasteiger partial charge is 0.465 e. The molecule has 2 atom stereocenters. The molecule has 22 heavy (non-hydrogen) atoms. The van der Waals surface area contributed by atoms with Crippen LogP contribution in [0, 0.1) is 45.8 Å². The van der Waals surface area contributed by atoms with Crippen molar-refractivity contribution in [2.75, 3.05) is 13.4 Å². The fourth-order valence-corrected chi connectivity index (χ4v) is 3.56. The van der Waals surface area contributed by atoms with Gasteiger partial charge < -0.3 is 4.74 Å². The molecule has 114 valence electrons. The van der Waals surface area contributed by atoms with E-state index in [9.17, 15) is 10.1 Å². The molecule has 0 aliphatic heterocycles. The first kappa shape index (κ1) is 17.8. The van der Waals surface area contributed by atoms with Crippen LogP contribution >= 0.6 is 11.8 Å². The molecule has 0 radical (unpaired) electrons. The molecule has 1 rings (SSSR count). The summed E-state index contributed by atoms with van der Waals surface area (Å²) in [5.74, 6) is -0.559. The number of nitrogens with zero attached hydrogens (tertiary/aromatic N) is 3. The Bertz CT molecular complexity index is 628. The van der Waals surface area contributed by atoms with Crippen LogP contribution in [0.3, 0.4) is 0 Å². The van der Waals surface area contributed by atoms with E-state index in [1.807, 2.05) is 18.2 Å². The number of carbonyl (C=O) groups excluding carboxylic acids is 1. The molecule has 0 aromatic rings. The third-order valence-electron chi connectivity index (χ3n) is 3.77. The number of ether oxygens (including phenoxy) is 1. The van der Waals surface area contributed by atoms with Crippen LogP contribution in [0.5, 0.6) is 0 Å². The second-order valence-corrected chi connectivity index (χ2v) is 5.96. The summed E-state index contributed by atoms with van der Waals surface area (Å²) in [5.41, 5.74) is 0.730. The van der Waals surface area contributed by atoms with Gasteiger partial charge in [0.15, 0.2) is 0 Å². The Morgan fingerprint density at radius 1 is 1.23 bits per heavy atom. The third-order valence-corrected chi connectivity index (χ3v) is 4.69. The fourth-order valence-electron chi connectivity index (χ4n) is 2.72. The second-order valence-electron chi connectivity index (χ2n) is 5.11. The summed E-state index contributed by atoms with van der Waals surface area (Å²) < 4.78 is 4.69. The van der Waals surface area contributed by atoms with Gasteiger partial charge in [0.05, 0.1) is 7.11 Å².